The molecule has 0 aliphatic carbocycles. The number of carbonyl (C=O) groups is 1. The Morgan fingerprint density at radius 2 is 1.96 bits per heavy atom. The molecule has 0 unspecified atom stereocenters. The summed E-state index contributed by atoms with van der Waals surface area (Å²) in [5, 5.41) is 0. The van der Waals surface area contributed by atoms with Crippen LogP contribution in [0.5, 0.6) is 5.88 Å². The van der Waals surface area contributed by atoms with Gasteiger partial charge < -0.3 is 19.1 Å². The number of amides is 1. The molecule has 2 rings (SSSR count). The van der Waals surface area contributed by atoms with Crippen molar-refractivity contribution in [1.29, 1.82) is 0 Å². The molecule has 24 heavy (non-hydrogen) atoms. The molecule has 1 amide bonds. The summed E-state index contributed by atoms with van der Waals surface area (Å²) in [4.78, 5) is 18.1. The molecule has 134 valence electrons. The lowest BCUT2D eigenvalue weighted by Gasteiger charge is -2.33. The molecule has 1 saturated heterocycles. The Morgan fingerprint density at radius 3 is 2.54 bits per heavy atom. The van der Waals surface area contributed by atoms with Crippen LogP contribution in [0, 0.1) is 6.92 Å². The fourth-order valence-electron chi connectivity index (χ4n) is 2.64. The Bertz CT molecular complexity index is 561. The first-order chi connectivity index (χ1) is 11.3. The van der Waals surface area contributed by atoms with E-state index in [1.54, 1.807) is 12.0 Å². The number of aromatic nitrogens is 1. The van der Waals surface area contributed by atoms with Gasteiger partial charge in [0.15, 0.2) is 0 Å². The Hall–Kier alpha value is -1.82. The number of likely N-dealkylation sites (tertiary alicyclic amines) is 1. The number of rotatable bonds is 4. The molecule has 1 aromatic heterocycles. The van der Waals surface area contributed by atoms with E-state index in [2.05, 4.69) is 4.98 Å². The SMILES string of the molecule is COc1cc(COC2CCN(C(=O)OC(C)(C)C)CC2)cc(C)n1. The molecule has 6 nitrogen and oxygen atoms in total. The second kappa shape index (κ2) is 7.83. The number of hydrogen-bond donors (Lipinski definition) is 0. The van der Waals surface area contributed by atoms with Crippen molar-refractivity contribution in [2.75, 3.05) is 20.2 Å². The van der Waals surface area contributed by atoms with E-state index in [4.69, 9.17) is 14.2 Å². The van der Waals surface area contributed by atoms with Crippen LogP contribution in [-0.2, 0) is 16.1 Å². The highest BCUT2D eigenvalue weighted by Crippen LogP contribution is 2.19. The minimum Gasteiger partial charge on any atom is -0.481 e. The Balaban J connectivity index is 1.79. The van der Waals surface area contributed by atoms with Crippen molar-refractivity contribution in [2.24, 2.45) is 0 Å². The van der Waals surface area contributed by atoms with Gasteiger partial charge in [-0.25, -0.2) is 9.78 Å². The summed E-state index contributed by atoms with van der Waals surface area (Å²) in [6.07, 6.45) is 1.56. The monoisotopic (exact) mass is 336 g/mol. The van der Waals surface area contributed by atoms with Gasteiger partial charge in [-0.05, 0) is 52.2 Å². The number of carbonyl (C=O) groups excluding carboxylic acids is 1. The van der Waals surface area contributed by atoms with Crippen molar-refractivity contribution in [3.8, 4) is 5.88 Å². The highest BCUT2D eigenvalue weighted by Gasteiger charge is 2.27. The van der Waals surface area contributed by atoms with Gasteiger partial charge >= 0.3 is 6.09 Å². The lowest BCUT2D eigenvalue weighted by molar-refractivity contribution is -0.0171. The van der Waals surface area contributed by atoms with Crippen LogP contribution in [-0.4, -0.2) is 47.9 Å². The van der Waals surface area contributed by atoms with Crippen molar-refractivity contribution >= 4 is 6.09 Å². The smallest absolute Gasteiger partial charge is 0.410 e. The molecule has 0 spiro atoms. The van der Waals surface area contributed by atoms with Gasteiger partial charge in [0, 0.05) is 24.8 Å². The van der Waals surface area contributed by atoms with Crippen LogP contribution in [0.1, 0.15) is 44.9 Å². The summed E-state index contributed by atoms with van der Waals surface area (Å²) < 4.78 is 16.6. The summed E-state index contributed by atoms with van der Waals surface area (Å²) in [6.45, 7) is 9.43. The van der Waals surface area contributed by atoms with E-state index in [0.717, 1.165) is 24.1 Å². The summed E-state index contributed by atoms with van der Waals surface area (Å²) in [6, 6.07) is 3.89. The standard InChI is InChI=1S/C18H28N2O4/c1-13-10-14(11-16(19-13)22-5)12-23-15-6-8-20(9-7-15)17(21)24-18(2,3)4/h10-11,15H,6-9,12H2,1-5H3. The number of aryl methyl sites for hydroxylation is 1. The first kappa shape index (κ1) is 18.5. The van der Waals surface area contributed by atoms with Crippen LogP contribution in [0.4, 0.5) is 4.79 Å². The molecular weight excluding hydrogens is 308 g/mol. The minimum absolute atomic E-state index is 0.156. The second-order valence-electron chi connectivity index (χ2n) is 7.14. The van der Waals surface area contributed by atoms with Crippen molar-refractivity contribution < 1.29 is 19.0 Å². The van der Waals surface area contributed by atoms with Gasteiger partial charge in [0.05, 0.1) is 19.8 Å². The van der Waals surface area contributed by atoms with Crippen molar-refractivity contribution in [3.05, 3.63) is 23.4 Å². The van der Waals surface area contributed by atoms with E-state index in [9.17, 15) is 4.79 Å². The van der Waals surface area contributed by atoms with Gasteiger partial charge in [-0.1, -0.05) is 0 Å². The number of hydrogen-bond acceptors (Lipinski definition) is 5. The van der Waals surface area contributed by atoms with E-state index in [1.165, 1.54) is 0 Å². The van der Waals surface area contributed by atoms with E-state index in [1.807, 2.05) is 39.8 Å². The summed E-state index contributed by atoms with van der Waals surface area (Å²) in [5.74, 6) is 0.605. The first-order valence-corrected chi connectivity index (χ1v) is 8.38. The summed E-state index contributed by atoms with van der Waals surface area (Å²) in [5.41, 5.74) is 1.50. The molecule has 1 aromatic rings. The molecular formula is C18H28N2O4. The third-order valence-corrected chi connectivity index (χ3v) is 3.78. The maximum Gasteiger partial charge on any atom is 0.410 e. The molecule has 0 atom stereocenters. The molecule has 2 heterocycles. The van der Waals surface area contributed by atoms with Crippen molar-refractivity contribution in [3.63, 3.8) is 0 Å². The quantitative estimate of drug-likeness (QED) is 0.844. The van der Waals surface area contributed by atoms with Crippen LogP contribution in [0.3, 0.4) is 0 Å². The number of piperidine rings is 1. The van der Waals surface area contributed by atoms with Crippen molar-refractivity contribution in [2.45, 2.75) is 58.8 Å². The summed E-state index contributed by atoms with van der Waals surface area (Å²) in [7, 11) is 1.61. The van der Waals surface area contributed by atoms with E-state index < -0.39 is 5.60 Å². The van der Waals surface area contributed by atoms with Crippen molar-refractivity contribution in [1.82, 2.24) is 9.88 Å². The van der Waals surface area contributed by atoms with Crippen LogP contribution in [0.2, 0.25) is 0 Å². The zero-order valence-corrected chi connectivity index (χ0v) is 15.3. The molecule has 0 radical (unpaired) electrons. The molecule has 0 N–H and O–H groups in total. The summed E-state index contributed by atoms with van der Waals surface area (Å²) >= 11 is 0. The number of nitrogens with zero attached hydrogens (tertiary/aromatic N) is 2. The van der Waals surface area contributed by atoms with Crippen LogP contribution >= 0.6 is 0 Å². The molecule has 1 aliphatic rings. The largest absolute Gasteiger partial charge is 0.481 e. The fraction of sp³-hybridized carbons (Fsp3) is 0.667. The van der Waals surface area contributed by atoms with Gasteiger partial charge in [-0.2, -0.15) is 0 Å². The zero-order chi connectivity index (χ0) is 17.7. The van der Waals surface area contributed by atoms with Gasteiger partial charge in [-0.3, -0.25) is 0 Å². The first-order valence-electron chi connectivity index (χ1n) is 8.38. The third-order valence-electron chi connectivity index (χ3n) is 3.78. The Morgan fingerprint density at radius 1 is 1.29 bits per heavy atom. The number of ether oxygens (including phenoxy) is 3. The van der Waals surface area contributed by atoms with Gasteiger partial charge in [0.2, 0.25) is 5.88 Å². The highest BCUT2D eigenvalue weighted by atomic mass is 16.6. The molecule has 0 aromatic carbocycles. The highest BCUT2D eigenvalue weighted by molar-refractivity contribution is 5.68. The van der Waals surface area contributed by atoms with Crippen LogP contribution < -0.4 is 4.74 Å². The number of pyridine rings is 1. The normalized spacial score (nSPS) is 16.1. The fourth-order valence-corrected chi connectivity index (χ4v) is 2.64. The Kier molecular flexibility index (Phi) is 6.04. The van der Waals surface area contributed by atoms with E-state index in [0.29, 0.717) is 25.6 Å². The predicted molar refractivity (Wildman–Crippen MR) is 91.1 cm³/mol. The molecule has 0 saturated carbocycles. The third kappa shape index (κ3) is 5.67. The molecule has 6 heteroatoms. The topological polar surface area (TPSA) is 60.9 Å². The van der Waals surface area contributed by atoms with Gasteiger partial charge in [0.25, 0.3) is 0 Å². The molecule has 1 fully saturated rings. The maximum absolute atomic E-state index is 12.0. The predicted octanol–water partition coefficient (Wildman–Crippen LogP) is 3.31. The van der Waals surface area contributed by atoms with E-state index in [-0.39, 0.29) is 12.2 Å². The Labute approximate surface area is 144 Å². The molecule has 1 aliphatic heterocycles. The minimum atomic E-state index is -0.456. The average molecular weight is 336 g/mol. The van der Waals surface area contributed by atoms with Crippen LogP contribution in [0.25, 0.3) is 0 Å². The molecule has 0 bridgehead atoms. The zero-order valence-electron chi connectivity index (χ0n) is 15.3. The lowest BCUT2D eigenvalue weighted by atomic mass is 10.1. The number of methoxy groups -OCH3 is 1. The van der Waals surface area contributed by atoms with E-state index >= 15 is 0 Å². The maximum atomic E-state index is 12.0. The second-order valence-corrected chi connectivity index (χ2v) is 7.14. The van der Waals surface area contributed by atoms with Crippen LogP contribution in [0.15, 0.2) is 12.1 Å². The van der Waals surface area contributed by atoms with Gasteiger partial charge in [-0.15, -0.1) is 0 Å². The van der Waals surface area contributed by atoms with Gasteiger partial charge in [0.1, 0.15) is 5.60 Å². The average Bonchev–Trinajstić information content (AvgIpc) is 2.51. The lowest BCUT2D eigenvalue weighted by Crippen LogP contribution is -2.43.